The van der Waals surface area contributed by atoms with Crippen molar-refractivity contribution >= 4 is 5.97 Å². The lowest BCUT2D eigenvalue weighted by Gasteiger charge is -2.50. The molecule has 41 heavy (non-hydrogen) atoms. The number of phenolic OH excluding ortho intramolecular Hbond substituents is 1. The number of carbonyl (C=O) groups is 1. The van der Waals surface area contributed by atoms with Gasteiger partial charge >= 0.3 is 5.97 Å². The molecule has 0 amide bonds. The zero-order chi connectivity index (χ0) is 30.6. The fourth-order valence-electron chi connectivity index (χ4n) is 7.31. The molecule has 0 atom stereocenters. The summed E-state index contributed by atoms with van der Waals surface area (Å²) < 4.78 is 5.73. The average molecular weight is 569 g/mol. The van der Waals surface area contributed by atoms with Crippen LogP contribution in [0.3, 0.4) is 0 Å². The Bertz CT molecular complexity index is 1070. The Morgan fingerprint density at radius 3 is 2.10 bits per heavy atom. The van der Waals surface area contributed by atoms with E-state index in [2.05, 4.69) is 61.6 Å². The van der Waals surface area contributed by atoms with E-state index in [0.717, 1.165) is 16.7 Å². The molecule has 0 heterocycles. The van der Waals surface area contributed by atoms with Crippen LogP contribution in [0.25, 0.3) is 0 Å². The SMILES string of the molecule is C=COOC(=C)C(C)(C)C1CCC2(CCC(C(C)(C)CC(=O)OCCc3cc(C)c(O)c(C(C)(C)C)c3)CC2)CC1. The molecule has 0 bridgehead atoms. The standard InChI is InChI=1S/C36H56O5/c1-11-40-41-26(3)35(9,10)29-14-19-36(20-15-29)17-12-28(13-18-36)34(7,8)24-31(37)39-21-16-27-22-25(2)32(38)30(23-27)33(4,5)6/h11,22-23,28-29,38H,1,3,12-21,24H2,2,4-10H3. The van der Waals surface area contributed by atoms with Crippen molar-refractivity contribution in [3.8, 4) is 5.75 Å². The predicted octanol–water partition coefficient (Wildman–Crippen LogP) is 9.50. The summed E-state index contributed by atoms with van der Waals surface area (Å²) in [6.07, 6.45) is 12.1. The molecule has 1 aromatic carbocycles. The summed E-state index contributed by atoms with van der Waals surface area (Å²) in [5.41, 5.74) is 2.97. The summed E-state index contributed by atoms with van der Waals surface area (Å²) in [6.45, 7) is 25.1. The summed E-state index contributed by atoms with van der Waals surface area (Å²) in [4.78, 5) is 23.2. The van der Waals surface area contributed by atoms with E-state index in [1.54, 1.807) is 0 Å². The quantitative estimate of drug-likeness (QED) is 0.125. The number of rotatable bonds is 11. The molecule has 2 aliphatic carbocycles. The Hall–Kier alpha value is -2.43. The van der Waals surface area contributed by atoms with Crippen LogP contribution in [0.2, 0.25) is 0 Å². The maximum absolute atomic E-state index is 12.9. The van der Waals surface area contributed by atoms with Crippen LogP contribution in [0.15, 0.2) is 37.3 Å². The number of allylic oxidation sites excluding steroid dienone is 1. The van der Waals surface area contributed by atoms with Gasteiger partial charge < -0.3 is 9.84 Å². The lowest BCUT2D eigenvalue weighted by atomic mass is 9.55. The Balaban J connectivity index is 1.47. The molecule has 2 aliphatic rings. The van der Waals surface area contributed by atoms with E-state index in [-0.39, 0.29) is 22.2 Å². The molecule has 2 saturated carbocycles. The molecule has 1 N–H and O–H groups in total. The second-order valence-electron chi connectivity index (χ2n) is 15.2. The van der Waals surface area contributed by atoms with E-state index in [4.69, 9.17) is 14.5 Å². The monoisotopic (exact) mass is 568 g/mol. The number of hydrogen-bond donors (Lipinski definition) is 1. The molecule has 0 unspecified atom stereocenters. The van der Waals surface area contributed by atoms with Crippen molar-refractivity contribution in [2.75, 3.05) is 6.61 Å². The molecule has 5 nitrogen and oxygen atoms in total. The maximum Gasteiger partial charge on any atom is 0.306 e. The fraction of sp³-hybridized carbons (Fsp3) is 0.694. The van der Waals surface area contributed by atoms with Gasteiger partial charge in [0.05, 0.1) is 13.0 Å². The van der Waals surface area contributed by atoms with Crippen LogP contribution in [0, 0.1) is 35.0 Å². The van der Waals surface area contributed by atoms with E-state index in [1.165, 1.54) is 57.6 Å². The van der Waals surface area contributed by atoms with Gasteiger partial charge in [-0.15, -0.1) is 0 Å². The van der Waals surface area contributed by atoms with Gasteiger partial charge in [0.15, 0.2) is 5.76 Å². The predicted molar refractivity (Wildman–Crippen MR) is 166 cm³/mol. The number of phenols is 1. The van der Waals surface area contributed by atoms with E-state index < -0.39 is 0 Å². The molecule has 5 heteroatoms. The normalized spacial score (nSPS) is 23.6. The van der Waals surface area contributed by atoms with Gasteiger partial charge in [0.1, 0.15) is 12.0 Å². The van der Waals surface area contributed by atoms with E-state index >= 15 is 0 Å². The number of carbonyl (C=O) groups excluding carboxylic acids is 1. The maximum atomic E-state index is 12.9. The van der Waals surface area contributed by atoms with Crippen LogP contribution < -0.4 is 0 Å². The molecule has 1 aromatic rings. The van der Waals surface area contributed by atoms with E-state index in [0.29, 0.717) is 48.2 Å². The number of hydrogen-bond acceptors (Lipinski definition) is 5. The molecule has 1 spiro atoms. The lowest BCUT2D eigenvalue weighted by molar-refractivity contribution is -0.228. The summed E-state index contributed by atoms with van der Waals surface area (Å²) in [6, 6.07) is 4.05. The molecule has 2 fully saturated rings. The molecule has 0 aliphatic heterocycles. The van der Waals surface area contributed by atoms with Gasteiger partial charge in [0, 0.05) is 11.8 Å². The molecular formula is C36H56O5. The van der Waals surface area contributed by atoms with Crippen LogP contribution >= 0.6 is 0 Å². The van der Waals surface area contributed by atoms with Gasteiger partial charge in [-0.25, -0.2) is 0 Å². The minimum Gasteiger partial charge on any atom is -0.507 e. The molecule has 0 radical (unpaired) electrons. The van der Waals surface area contributed by atoms with Gasteiger partial charge in [0.2, 0.25) is 0 Å². The van der Waals surface area contributed by atoms with Crippen molar-refractivity contribution in [2.45, 2.75) is 125 Å². The molecule has 0 aromatic heterocycles. The van der Waals surface area contributed by atoms with Gasteiger partial charge in [-0.3, -0.25) is 14.6 Å². The summed E-state index contributed by atoms with van der Waals surface area (Å²) in [7, 11) is 0. The molecule has 0 saturated heterocycles. The number of benzene rings is 1. The first kappa shape index (κ1) is 33.1. The highest BCUT2D eigenvalue weighted by molar-refractivity contribution is 5.70. The number of aryl methyl sites for hydroxylation is 1. The van der Waals surface area contributed by atoms with Crippen LogP contribution in [-0.4, -0.2) is 17.7 Å². The van der Waals surface area contributed by atoms with Crippen molar-refractivity contribution in [2.24, 2.45) is 28.1 Å². The highest BCUT2D eigenvalue weighted by atomic mass is 17.2. The third-order valence-corrected chi connectivity index (χ3v) is 10.6. The topological polar surface area (TPSA) is 65.0 Å². The molecule has 230 valence electrons. The van der Waals surface area contributed by atoms with E-state index in [1.807, 2.05) is 19.1 Å². The van der Waals surface area contributed by atoms with Crippen LogP contribution in [0.5, 0.6) is 5.75 Å². The molecule has 3 rings (SSSR count). The third kappa shape index (κ3) is 8.11. The van der Waals surface area contributed by atoms with Crippen LogP contribution in [0.1, 0.15) is 123 Å². The summed E-state index contributed by atoms with van der Waals surface area (Å²) >= 11 is 0. The van der Waals surface area contributed by atoms with E-state index in [9.17, 15) is 9.90 Å². The highest BCUT2D eigenvalue weighted by Crippen LogP contribution is 2.56. The van der Waals surface area contributed by atoms with Crippen molar-refractivity contribution in [3.63, 3.8) is 0 Å². The second-order valence-corrected chi connectivity index (χ2v) is 15.2. The Kier molecular flexibility index (Phi) is 10.4. The number of aromatic hydroxyl groups is 1. The van der Waals surface area contributed by atoms with Crippen molar-refractivity contribution < 1.29 is 24.4 Å². The molecular weight excluding hydrogens is 512 g/mol. The Morgan fingerprint density at radius 1 is 1.00 bits per heavy atom. The number of esters is 1. The fourth-order valence-corrected chi connectivity index (χ4v) is 7.31. The average Bonchev–Trinajstić information content (AvgIpc) is 2.88. The van der Waals surface area contributed by atoms with Gasteiger partial charge in [0.25, 0.3) is 0 Å². The van der Waals surface area contributed by atoms with Crippen molar-refractivity contribution in [1.82, 2.24) is 0 Å². The Labute approximate surface area is 249 Å². The van der Waals surface area contributed by atoms with Gasteiger partial charge in [-0.1, -0.05) is 73.8 Å². The zero-order valence-corrected chi connectivity index (χ0v) is 27.2. The lowest BCUT2D eigenvalue weighted by Crippen LogP contribution is -2.39. The van der Waals surface area contributed by atoms with Gasteiger partial charge in [-0.05, 0) is 103 Å². The van der Waals surface area contributed by atoms with Gasteiger partial charge in [-0.2, -0.15) is 0 Å². The van der Waals surface area contributed by atoms with Crippen LogP contribution in [-0.2, 0) is 31.1 Å². The summed E-state index contributed by atoms with van der Waals surface area (Å²) in [5, 5.41) is 10.5. The Morgan fingerprint density at radius 2 is 1.56 bits per heavy atom. The minimum atomic E-state index is -0.148. The summed E-state index contributed by atoms with van der Waals surface area (Å²) in [5.74, 6) is 1.99. The highest BCUT2D eigenvalue weighted by Gasteiger charge is 2.46. The van der Waals surface area contributed by atoms with Crippen molar-refractivity contribution in [1.29, 1.82) is 0 Å². The first-order valence-electron chi connectivity index (χ1n) is 15.6. The second kappa shape index (κ2) is 12.8. The zero-order valence-electron chi connectivity index (χ0n) is 27.2. The third-order valence-electron chi connectivity index (χ3n) is 10.6. The first-order chi connectivity index (χ1) is 19.0. The minimum absolute atomic E-state index is 0.0767. The largest absolute Gasteiger partial charge is 0.507 e. The van der Waals surface area contributed by atoms with Crippen molar-refractivity contribution in [3.05, 3.63) is 54.0 Å². The first-order valence-corrected chi connectivity index (χ1v) is 15.6. The smallest absolute Gasteiger partial charge is 0.306 e. The number of ether oxygens (including phenoxy) is 1. The van der Waals surface area contributed by atoms with Crippen LogP contribution in [0.4, 0.5) is 0 Å².